The Kier molecular flexibility index (Phi) is 8.89. The second kappa shape index (κ2) is 11.7. The van der Waals surface area contributed by atoms with Gasteiger partial charge in [-0.2, -0.15) is 0 Å². The molecule has 4 rings (SSSR count). The summed E-state index contributed by atoms with van der Waals surface area (Å²) < 4.78 is 16.0. The number of thiazole rings is 1. The Balaban J connectivity index is 1.89. The molecular weight excluding hydrogens is 770 g/mol. The molecule has 0 radical (unpaired) electrons. The Morgan fingerprint density at radius 2 is 1.92 bits per heavy atom. The van der Waals surface area contributed by atoms with Crippen molar-refractivity contribution < 1.29 is 14.3 Å². The highest BCUT2D eigenvalue weighted by Crippen LogP contribution is 2.32. The highest BCUT2D eigenvalue weighted by Gasteiger charge is 2.33. The number of benzene rings is 2. The summed E-state index contributed by atoms with van der Waals surface area (Å²) in [4.78, 5) is 31.9. The summed E-state index contributed by atoms with van der Waals surface area (Å²) in [5.41, 5.74) is 2.38. The first-order valence-electron chi connectivity index (χ1n) is 10.9. The van der Waals surface area contributed by atoms with Gasteiger partial charge in [0.15, 0.2) is 4.80 Å². The van der Waals surface area contributed by atoms with Gasteiger partial charge < -0.3 is 9.47 Å². The number of hydrogen-bond donors (Lipinski definition) is 0. The first kappa shape index (κ1) is 27.3. The lowest BCUT2D eigenvalue weighted by Gasteiger charge is -2.24. The molecule has 0 bridgehead atoms. The van der Waals surface area contributed by atoms with Crippen molar-refractivity contribution in [3.63, 3.8) is 0 Å². The summed E-state index contributed by atoms with van der Waals surface area (Å²) in [7, 11) is 0. The molecule has 3 aromatic rings. The standard InChI is InChI=1S/C26H21BrI2N2O4S/c1-4-10-35-23-18(28)11-15(12-19(23)29)13-20-24(32)31-22(16-6-8-17(27)9-7-16)21(25(33)34-5-2)14(3)30-26(31)36-20/h4,6-9,11-13,22H,1,5,10H2,2-3H3/b20-13-/t22-/m0/s1. The van der Waals surface area contributed by atoms with Gasteiger partial charge in [-0.05, 0) is 100 Å². The summed E-state index contributed by atoms with van der Waals surface area (Å²) in [6.07, 6.45) is 3.56. The Hall–Kier alpha value is -1.77. The van der Waals surface area contributed by atoms with Crippen molar-refractivity contribution in [2.45, 2.75) is 19.9 Å². The normalized spacial score (nSPS) is 15.4. The second-order valence-corrected chi connectivity index (χ2v) is 12.0. The summed E-state index contributed by atoms with van der Waals surface area (Å²) in [6.45, 7) is 7.89. The highest BCUT2D eigenvalue weighted by molar-refractivity contribution is 14.1. The van der Waals surface area contributed by atoms with Gasteiger partial charge in [0.1, 0.15) is 12.4 Å². The number of esters is 1. The van der Waals surface area contributed by atoms with Crippen LogP contribution < -0.4 is 19.6 Å². The lowest BCUT2D eigenvalue weighted by atomic mass is 9.96. The van der Waals surface area contributed by atoms with E-state index in [4.69, 9.17) is 9.47 Å². The summed E-state index contributed by atoms with van der Waals surface area (Å²) in [5.74, 6) is 0.319. The molecule has 0 amide bonds. The third kappa shape index (κ3) is 5.55. The predicted octanol–water partition coefficient (Wildman–Crippen LogP) is 5.33. The molecule has 186 valence electrons. The molecule has 0 fully saturated rings. The molecule has 36 heavy (non-hydrogen) atoms. The van der Waals surface area contributed by atoms with Gasteiger partial charge in [-0.1, -0.05) is 52.1 Å². The molecule has 6 nitrogen and oxygen atoms in total. The molecule has 0 aliphatic carbocycles. The fourth-order valence-electron chi connectivity index (χ4n) is 3.85. The molecule has 0 saturated heterocycles. The molecule has 1 aromatic heterocycles. The van der Waals surface area contributed by atoms with E-state index in [0.29, 0.717) is 27.2 Å². The van der Waals surface area contributed by atoms with Crippen LogP contribution in [0.1, 0.15) is 31.0 Å². The topological polar surface area (TPSA) is 69.9 Å². The molecule has 1 atom stereocenters. The fourth-order valence-corrected chi connectivity index (χ4v) is 7.28. The minimum Gasteiger partial charge on any atom is -0.487 e. The largest absolute Gasteiger partial charge is 0.487 e. The summed E-state index contributed by atoms with van der Waals surface area (Å²) >= 11 is 9.22. The van der Waals surface area contributed by atoms with Gasteiger partial charge in [0.2, 0.25) is 0 Å². The molecule has 2 heterocycles. The lowest BCUT2D eigenvalue weighted by Crippen LogP contribution is -2.39. The van der Waals surface area contributed by atoms with Gasteiger partial charge in [-0.25, -0.2) is 9.79 Å². The number of ether oxygens (including phenoxy) is 2. The Morgan fingerprint density at radius 3 is 2.53 bits per heavy atom. The number of hydrogen-bond acceptors (Lipinski definition) is 6. The number of nitrogens with zero attached hydrogens (tertiary/aromatic N) is 2. The van der Waals surface area contributed by atoms with Crippen molar-refractivity contribution in [3.05, 3.63) is 103 Å². The molecule has 0 N–H and O–H groups in total. The van der Waals surface area contributed by atoms with E-state index in [1.54, 1.807) is 24.5 Å². The van der Waals surface area contributed by atoms with Gasteiger partial charge in [0.25, 0.3) is 5.56 Å². The zero-order chi connectivity index (χ0) is 26.0. The van der Waals surface area contributed by atoms with E-state index in [-0.39, 0.29) is 12.2 Å². The molecule has 10 heteroatoms. The fraction of sp³-hybridized carbons (Fsp3) is 0.192. The predicted molar refractivity (Wildman–Crippen MR) is 162 cm³/mol. The number of halogens is 3. The van der Waals surface area contributed by atoms with E-state index in [9.17, 15) is 9.59 Å². The minimum absolute atomic E-state index is 0.210. The van der Waals surface area contributed by atoms with E-state index < -0.39 is 12.0 Å². The van der Waals surface area contributed by atoms with Gasteiger partial charge in [-0.15, -0.1) is 0 Å². The van der Waals surface area contributed by atoms with Crippen molar-refractivity contribution >= 4 is 84.5 Å². The average Bonchev–Trinajstić information content (AvgIpc) is 3.12. The van der Waals surface area contributed by atoms with Crippen molar-refractivity contribution in [2.75, 3.05) is 13.2 Å². The maximum Gasteiger partial charge on any atom is 0.338 e. The molecule has 0 unspecified atom stereocenters. The van der Waals surface area contributed by atoms with Crippen molar-refractivity contribution in [1.29, 1.82) is 0 Å². The Bertz CT molecular complexity index is 1530. The van der Waals surface area contributed by atoms with Gasteiger partial charge in [0, 0.05) is 4.47 Å². The Morgan fingerprint density at radius 1 is 1.25 bits per heavy atom. The van der Waals surface area contributed by atoms with Crippen molar-refractivity contribution in [2.24, 2.45) is 4.99 Å². The van der Waals surface area contributed by atoms with Crippen LogP contribution in [0.25, 0.3) is 6.08 Å². The summed E-state index contributed by atoms with van der Waals surface area (Å²) in [6, 6.07) is 10.9. The van der Waals surface area contributed by atoms with Gasteiger partial charge >= 0.3 is 5.97 Å². The number of carbonyl (C=O) groups excluding carboxylic acids is 1. The summed E-state index contributed by atoms with van der Waals surface area (Å²) in [5, 5.41) is 0. The lowest BCUT2D eigenvalue weighted by molar-refractivity contribution is -0.139. The molecule has 0 spiro atoms. The SMILES string of the molecule is C=CCOc1c(I)cc(/C=c2\sc3n(c2=O)[C@@H](c2ccc(Br)cc2)C(C(=O)OCC)=C(C)N=3)cc1I. The first-order valence-corrected chi connectivity index (χ1v) is 14.7. The van der Waals surface area contributed by atoms with Crippen LogP contribution in [-0.4, -0.2) is 23.8 Å². The van der Waals surface area contributed by atoms with Gasteiger partial charge in [-0.3, -0.25) is 9.36 Å². The van der Waals surface area contributed by atoms with E-state index in [2.05, 4.69) is 72.7 Å². The highest BCUT2D eigenvalue weighted by atomic mass is 127. The van der Waals surface area contributed by atoms with Crippen LogP contribution in [0.15, 0.2) is 74.6 Å². The van der Waals surface area contributed by atoms with Crippen LogP contribution in [0.3, 0.4) is 0 Å². The molecule has 1 aliphatic heterocycles. The van der Waals surface area contributed by atoms with Gasteiger partial charge in [0.05, 0.1) is 35.6 Å². The smallest absolute Gasteiger partial charge is 0.338 e. The third-order valence-electron chi connectivity index (χ3n) is 5.37. The first-order chi connectivity index (χ1) is 17.2. The second-order valence-electron chi connectivity index (χ2n) is 7.77. The number of carbonyl (C=O) groups is 1. The molecule has 1 aliphatic rings. The van der Waals surface area contributed by atoms with Crippen LogP contribution in [0, 0.1) is 7.14 Å². The zero-order valence-electron chi connectivity index (χ0n) is 19.4. The van der Waals surface area contributed by atoms with Crippen LogP contribution >= 0.6 is 72.4 Å². The molecular formula is C26H21BrI2N2O4S. The van der Waals surface area contributed by atoms with E-state index in [0.717, 1.165) is 28.5 Å². The number of fused-ring (bicyclic) bond motifs is 1. The monoisotopic (exact) mass is 790 g/mol. The maximum atomic E-state index is 13.7. The zero-order valence-corrected chi connectivity index (χ0v) is 26.1. The van der Waals surface area contributed by atoms with Crippen LogP contribution in [0.4, 0.5) is 0 Å². The number of allylic oxidation sites excluding steroid dienone is 1. The van der Waals surface area contributed by atoms with E-state index in [1.807, 2.05) is 42.5 Å². The average molecular weight is 791 g/mol. The Labute approximate surface area is 247 Å². The minimum atomic E-state index is -0.634. The van der Waals surface area contributed by atoms with Crippen molar-refractivity contribution in [1.82, 2.24) is 4.57 Å². The quantitative estimate of drug-likeness (QED) is 0.185. The van der Waals surface area contributed by atoms with Crippen molar-refractivity contribution in [3.8, 4) is 5.75 Å². The van der Waals surface area contributed by atoms with Crippen LogP contribution in [0.2, 0.25) is 0 Å². The third-order valence-corrected chi connectivity index (χ3v) is 8.48. The van der Waals surface area contributed by atoms with E-state index in [1.165, 1.54) is 11.3 Å². The maximum absolute atomic E-state index is 13.7. The van der Waals surface area contributed by atoms with E-state index >= 15 is 0 Å². The molecule has 2 aromatic carbocycles. The molecule has 0 saturated carbocycles. The number of rotatable bonds is 7. The number of aromatic nitrogens is 1. The van der Waals surface area contributed by atoms with Crippen LogP contribution in [0.5, 0.6) is 5.75 Å². The van der Waals surface area contributed by atoms with Crippen LogP contribution in [-0.2, 0) is 9.53 Å².